The highest BCUT2D eigenvalue weighted by Crippen LogP contribution is 2.27. The largest absolute Gasteiger partial charge is 0.459 e. The minimum absolute atomic E-state index is 0. The Bertz CT molecular complexity index is 530. The molecule has 1 N–H and O–H groups in total. The van der Waals surface area contributed by atoms with Gasteiger partial charge in [0, 0.05) is 11.9 Å². The van der Waals surface area contributed by atoms with E-state index in [0.29, 0.717) is 6.04 Å². The molecule has 0 aliphatic carbocycles. The summed E-state index contributed by atoms with van der Waals surface area (Å²) in [4.78, 5) is 2.41. The Labute approximate surface area is 133 Å². The van der Waals surface area contributed by atoms with Crippen molar-refractivity contribution < 1.29 is 4.42 Å². The van der Waals surface area contributed by atoms with E-state index in [-0.39, 0.29) is 12.4 Å². The quantitative estimate of drug-likeness (QED) is 0.930. The molecule has 0 spiro atoms. The van der Waals surface area contributed by atoms with E-state index in [2.05, 4.69) is 42.4 Å². The number of para-hydroxylation sites is 1. The first kappa shape index (κ1) is 16.3. The topological polar surface area (TPSA) is 28.4 Å². The second-order valence-electron chi connectivity index (χ2n) is 6.01. The third-order valence-electron chi connectivity index (χ3n) is 4.46. The number of hydrogen-bond donors (Lipinski definition) is 1. The molecule has 0 bridgehead atoms. The van der Waals surface area contributed by atoms with Crippen molar-refractivity contribution in [3.63, 3.8) is 0 Å². The first-order valence-corrected chi connectivity index (χ1v) is 7.63. The van der Waals surface area contributed by atoms with Crippen molar-refractivity contribution in [1.29, 1.82) is 0 Å². The van der Waals surface area contributed by atoms with Crippen molar-refractivity contribution in [3.05, 3.63) is 36.1 Å². The van der Waals surface area contributed by atoms with Crippen LogP contribution in [0.3, 0.4) is 0 Å². The molecule has 4 heteroatoms. The molecular formula is C17H25ClN2O. The molecule has 1 aromatic carbocycles. The van der Waals surface area contributed by atoms with E-state index in [1.165, 1.54) is 24.8 Å². The van der Waals surface area contributed by atoms with Gasteiger partial charge in [0.2, 0.25) is 0 Å². The molecule has 1 fully saturated rings. The average Bonchev–Trinajstić information content (AvgIpc) is 2.91. The monoisotopic (exact) mass is 308 g/mol. The third kappa shape index (κ3) is 3.79. The summed E-state index contributed by atoms with van der Waals surface area (Å²) < 4.78 is 5.98. The van der Waals surface area contributed by atoms with Crippen molar-refractivity contribution in [2.24, 2.45) is 5.92 Å². The number of nitrogens with one attached hydrogen (secondary N) is 1. The number of nitrogens with zero attached hydrogens (tertiary/aromatic N) is 1. The Hall–Kier alpha value is -1.03. The molecule has 1 saturated heterocycles. The lowest BCUT2D eigenvalue weighted by Gasteiger charge is -2.30. The smallest absolute Gasteiger partial charge is 0.134 e. The number of rotatable bonds is 4. The van der Waals surface area contributed by atoms with Crippen LogP contribution in [0.25, 0.3) is 11.0 Å². The molecule has 0 amide bonds. The molecule has 2 unspecified atom stereocenters. The minimum Gasteiger partial charge on any atom is -0.459 e. The molecule has 2 heterocycles. The van der Waals surface area contributed by atoms with Crippen LogP contribution in [0.2, 0.25) is 0 Å². The summed E-state index contributed by atoms with van der Waals surface area (Å²) in [6.07, 6.45) is 2.64. The molecule has 116 valence electrons. The highest BCUT2D eigenvalue weighted by Gasteiger charge is 2.21. The zero-order chi connectivity index (χ0) is 13.9. The van der Waals surface area contributed by atoms with Gasteiger partial charge >= 0.3 is 0 Å². The number of halogens is 1. The Balaban J connectivity index is 0.00000161. The molecule has 21 heavy (non-hydrogen) atoms. The number of fused-ring (bicyclic) bond motifs is 1. The molecule has 1 aromatic heterocycles. The summed E-state index contributed by atoms with van der Waals surface area (Å²) in [7, 11) is 2.20. The van der Waals surface area contributed by atoms with E-state index in [9.17, 15) is 0 Å². The lowest BCUT2D eigenvalue weighted by molar-refractivity contribution is 0.183. The van der Waals surface area contributed by atoms with E-state index in [1.807, 2.05) is 12.1 Å². The van der Waals surface area contributed by atoms with Crippen LogP contribution < -0.4 is 5.32 Å². The van der Waals surface area contributed by atoms with Crippen molar-refractivity contribution in [2.45, 2.75) is 25.8 Å². The van der Waals surface area contributed by atoms with Gasteiger partial charge < -0.3 is 9.73 Å². The maximum Gasteiger partial charge on any atom is 0.134 e. The van der Waals surface area contributed by atoms with E-state index in [1.54, 1.807) is 0 Å². The van der Waals surface area contributed by atoms with Gasteiger partial charge in [-0.25, -0.2) is 0 Å². The van der Waals surface area contributed by atoms with Crippen LogP contribution in [-0.4, -0.2) is 31.6 Å². The molecule has 2 aromatic rings. The van der Waals surface area contributed by atoms with Gasteiger partial charge in [-0.1, -0.05) is 18.2 Å². The third-order valence-corrected chi connectivity index (χ3v) is 4.46. The lowest BCUT2D eigenvalue weighted by atomic mass is 9.98. The summed E-state index contributed by atoms with van der Waals surface area (Å²) in [5, 5.41) is 4.69. The molecule has 1 aliphatic rings. The minimum atomic E-state index is 0. The van der Waals surface area contributed by atoms with Crippen molar-refractivity contribution in [2.75, 3.05) is 26.7 Å². The summed E-state index contributed by atoms with van der Waals surface area (Å²) in [5.74, 6) is 1.83. The fraction of sp³-hybridized carbons (Fsp3) is 0.529. The Morgan fingerprint density at radius 2 is 2.19 bits per heavy atom. The van der Waals surface area contributed by atoms with Gasteiger partial charge in [0.25, 0.3) is 0 Å². The van der Waals surface area contributed by atoms with E-state index < -0.39 is 0 Å². The number of benzene rings is 1. The van der Waals surface area contributed by atoms with E-state index >= 15 is 0 Å². The Kier molecular flexibility index (Phi) is 5.68. The van der Waals surface area contributed by atoms with Gasteiger partial charge in [-0.2, -0.15) is 0 Å². The molecule has 3 rings (SSSR count). The van der Waals surface area contributed by atoms with Crippen LogP contribution in [-0.2, 0) is 0 Å². The van der Waals surface area contributed by atoms with E-state index in [4.69, 9.17) is 4.42 Å². The van der Waals surface area contributed by atoms with Gasteiger partial charge in [0.15, 0.2) is 0 Å². The highest BCUT2D eigenvalue weighted by atomic mass is 35.5. The maximum atomic E-state index is 5.98. The first-order chi connectivity index (χ1) is 9.74. The standard InChI is InChI=1S/C17H24N2O.ClH/c1-13(19(2)12-14-6-5-9-18-11-14)17-10-15-7-3-4-8-16(15)20-17;/h3-4,7-8,10,13-14,18H,5-6,9,11-12H2,1-2H3;1H. The number of furan rings is 1. The second-order valence-corrected chi connectivity index (χ2v) is 6.01. The van der Waals surface area contributed by atoms with Crippen LogP contribution in [0.4, 0.5) is 0 Å². The normalized spacial score (nSPS) is 20.4. The predicted molar refractivity (Wildman–Crippen MR) is 90.1 cm³/mol. The van der Waals surface area contributed by atoms with Crippen molar-refractivity contribution in [1.82, 2.24) is 10.2 Å². The van der Waals surface area contributed by atoms with Gasteiger partial charge in [0.1, 0.15) is 11.3 Å². The van der Waals surface area contributed by atoms with Crippen LogP contribution >= 0.6 is 12.4 Å². The maximum absolute atomic E-state index is 5.98. The summed E-state index contributed by atoms with van der Waals surface area (Å²) in [5.41, 5.74) is 0.988. The van der Waals surface area contributed by atoms with Gasteiger partial charge in [-0.15, -0.1) is 12.4 Å². The number of piperidine rings is 1. The summed E-state index contributed by atoms with van der Waals surface area (Å²) in [6, 6.07) is 10.7. The molecule has 0 radical (unpaired) electrons. The SMILES string of the molecule is CC(c1cc2ccccc2o1)N(C)CC1CCCNC1.Cl. The Morgan fingerprint density at radius 3 is 2.90 bits per heavy atom. The zero-order valence-corrected chi connectivity index (χ0v) is 13.7. The molecule has 0 saturated carbocycles. The fourth-order valence-corrected chi connectivity index (χ4v) is 3.07. The summed E-state index contributed by atoms with van der Waals surface area (Å²) in [6.45, 7) is 5.69. The predicted octanol–water partition coefficient (Wildman–Crippen LogP) is 3.85. The number of hydrogen-bond acceptors (Lipinski definition) is 3. The van der Waals surface area contributed by atoms with Crippen LogP contribution in [0.1, 0.15) is 31.6 Å². The fourth-order valence-electron chi connectivity index (χ4n) is 3.07. The molecule has 1 aliphatic heterocycles. The molecule has 3 nitrogen and oxygen atoms in total. The van der Waals surface area contributed by atoms with Gasteiger partial charge in [-0.3, -0.25) is 4.90 Å². The highest BCUT2D eigenvalue weighted by molar-refractivity contribution is 5.85. The van der Waals surface area contributed by atoms with Crippen molar-refractivity contribution >= 4 is 23.4 Å². The van der Waals surface area contributed by atoms with E-state index in [0.717, 1.165) is 30.4 Å². The summed E-state index contributed by atoms with van der Waals surface area (Å²) >= 11 is 0. The second kappa shape index (κ2) is 7.30. The Morgan fingerprint density at radius 1 is 1.38 bits per heavy atom. The lowest BCUT2D eigenvalue weighted by Crippen LogP contribution is -2.37. The van der Waals surface area contributed by atoms with Crippen LogP contribution in [0.15, 0.2) is 34.7 Å². The van der Waals surface area contributed by atoms with Crippen LogP contribution in [0, 0.1) is 5.92 Å². The first-order valence-electron chi connectivity index (χ1n) is 7.63. The molecular weight excluding hydrogens is 284 g/mol. The van der Waals surface area contributed by atoms with Crippen molar-refractivity contribution in [3.8, 4) is 0 Å². The zero-order valence-electron chi connectivity index (χ0n) is 12.8. The van der Waals surface area contributed by atoms with Gasteiger partial charge in [-0.05, 0) is 58.0 Å². The average molecular weight is 309 g/mol. The van der Waals surface area contributed by atoms with Gasteiger partial charge in [0.05, 0.1) is 6.04 Å². The molecule has 2 atom stereocenters. The van der Waals surface area contributed by atoms with Crippen LogP contribution in [0.5, 0.6) is 0 Å².